The van der Waals surface area contributed by atoms with Gasteiger partial charge in [0.05, 0.1) is 27.7 Å². The first-order chi connectivity index (χ1) is 11.8. The van der Waals surface area contributed by atoms with Crippen molar-refractivity contribution in [1.82, 2.24) is 0 Å². The summed E-state index contributed by atoms with van der Waals surface area (Å²) in [6.45, 7) is 6.70. The summed E-state index contributed by atoms with van der Waals surface area (Å²) in [7, 11) is 8.59. The highest BCUT2D eigenvalue weighted by atomic mass is 16.5. The second-order valence-electron chi connectivity index (χ2n) is 7.81. The molecule has 0 bridgehead atoms. The van der Waals surface area contributed by atoms with Crippen molar-refractivity contribution in [2.75, 3.05) is 39.7 Å². The molecule has 3 heteroatoms. The summed E-state index contributed by atoms with van der Waals surface area (Å²) in [5, 5.41) is 0. The quantitative estimate of drug-likeness (QED) is 0.659. The number of methoxy groups -OCH3 is 1. The van der Waals surface area contributed by atoms with E-state index in [0.29, 0.717) is 12.0 Å². The predicted molar refractivity (Wildman–Crippen MR) is 107 cm³/mol. The van der Waals surface area contributed by atoms with Crippen molar-refractivity contribution in [3.63, 3.8) is 0 Å². The Labute approximate surface area is 153 Å². The molecule has 25 heavy (non-hydrogen) atoms. The van der Waals surface area contributed by atoms with Gasteiger partial charge in [-0.3, -0.25) is 0 Å². The van der Waals surface area contributed by atoms with E-state index in [1.54, 1.807) is 7.11 Å². The van der Waals surface area contributed by atoms with Gasteiger partial charge in [-0.1, -0.05) is 32.0 Å². The average Bonchev–Trinajstić information content (AvgIpc) is 2.60. The first-order valence-corrected chi connectivity index (χ1v) is 9.05. The maximum absolute atomic E-state index is 5.27. The number of quaternary nitrogens is 1. The van der Waals surface area contributed by atoms with Crippen LogP contribution in [0.2, 0.25) is 0 Å². The lowest BCUT2D eigenvalue weighted by Crippen LogP contribution is -2.55. The fourth-order valence-corrected chi connectivity index (χ4v) is 3.63. The maximum atomic E-state index is 5.27. The molecule has 0 aliphatic rings. The van der Waals surface area contributed by atoms with Crippen LogP contribution in [0.1, 0.15) is 19.4 Å². The smallest absolute Gasteiger partial charge is 0.118 e. The number of hydrogen-bond donors (Lipinski definition) is 0. The van der Waals surface area contributed by atoms with Crippen molar-refractivity contribution in [2.24, 2.45) is 5.92 Å². The molecular formula is C22H33N2O+. The van der Waals surface area contributed by atoms with Crippen molar-refractivity contribution >= 4 is 5.69 Å². The van der Waals surface area contributed by atoms with Gasteiger partial charge in [-0.25, -0.2) is 0 Å². The van der Waals surface area contributed by atoms with E-state index in [2.05, 4.69) is 94.5 Å². The second kappa shape index (κ2) is 8.39. The normalized spacial score (nSPS) is 12.9. The molecule has 0 heterocycles. The fourth-order valence-electron chi connectivity index (χ4n) is 3.63. The van der Waals surface area contributed by atoms with E-state index in [0.717, 1.165) is 23.3 Å². The van der Waals surface area contributed by atoms with Crippen molar-refractivity contribution in [3.8, 4) is 5.75 Å². The largest absolute Gasteiger partial charge is 0.497 e. The minimum atomic E-state index is 0.535. The molecule has 2 aromatic rings. The number of nitrogens with zero attached hydrogens (tertiary/aromatic N) is 2. The molecule has 0 saturated heterocycles. The van der Waals surface area contributed by atoms with E-state index in [-0.39, 0.29) is 0 Å². The van der Waals surface area contributed by atoms with Crippen molar-refractivity contribution < 1.29 is 9.22 Å². The maximum Gasteiger partial charge on any atom is 0.118 e. The van der Waals surface area contributed by atoms with Crippen LogP contribution in [-0.4, -0.2) is 45.3 Å². The van der Waals surface area contributed by atoms with Crippen LogP contribution in [0.5, 0.6) is 5.75 Å². The Morgan fingerprint density at radius 2 is 1.56 bits per heavy atom. The van der Waals surface area contributed by atoms with Crippen molar-refractivity contribution in [3.05, 3.63) is 60.2 Å². The van der Waals surface area contributed by atoms with Gasteiger partial charge in [-0.2, -0.15) is 0 Å². The molecule has 1 unspecified atom stereocenters. The lowest BCUT2D eigenvalue weighted by Gasteiger charge is -2.42. The molecule has 0 aliphatic carbocycles. The van der Waals surface area contributed by atoms with Crippen LogP contribution in [0.3, 0.4) is 0 Å². The highest BCUT2D eigenvalue weighted by Gasteiger charge is 2.32. The lowest BCUT2D eigenvalue weighted by molar-refractivity contribution is -0.929. The Morgan fingerprint density at radius 1 is 0.960 bits per heavy atom. The molecule has 0 spiro atoms. The van der Waals surface area contributed by atoms with E-state index < -0.39 is 0 Å². The van der Waals surface area contributed by atoms with Crippen LogP contribution in [0.15, 0.2) is 54.6 Å². The van der Waals surface area contributed by atoms with E-state index in [1.165, 1.54) is 11.3 Å². The Morgan fingerprint density at radius 3 is 2.08 bits per heavy atom. The highest BCUT2D eigenvalue weighted by molar-refractivity contribution is 5.45. The summed E-state index contributed by atoms with van der Waals surface area (Å²) in [5.41, 5.74) is 2.62. The van der Waals surface area contributed by atoms with Gasteiger partial charge < -0.3 is 14.1 Å². The zero-order valence-electron chi connectivity index (χ0n) is 16.6. The van der Waals surface area contributed by atoms with Gasteiger partial charge in [-0.05, 0) is 36.4 Å². The first-order valence-electron chi connectivity index (χ1n) is 9.05. The first kappa shape index (κ1) is 19.3. The van der Waals surface area contributed by atoms with Gasteiger partial charge in [0.25, 0.3) is 0 Å². The number of likely N-dealkylation sites (N-methyl/N-ethyl adjacent to an activating group) is 2. The van der Waals surface area contributed by atoms with Gasteiger partial charge in [0.2, 0.25) is 0 Å². The van der Waals surface area contributed by atoms with E-state index in [9.17, 15) is 0 Å². The van der Waals surface area contributed by atoms with Gasteiger partial charge in [-0.15, -0.1) is 0 Å². The zero-order chi connectivity index (χ0) is 18.4. The minimum Gasteiger partial charge on any atom is -0.497 e. The summed E-state index contributed by atoms with van der Waals surface area (Å²) in [6, 6.07) is 19.6. The van der Waals surface area contributed by atoms with Crippen LogP contribution in [0.4, 0.5) is 5.69 Å². The standard InChI is InChI=1S/C22H33N2O/c1-18(2)22(16-23(3)20-10-8-7-9-11-20)24(4,5)17-19-12-14-21(25-6)15-13-19/h7-15,18,22H,16-17H2,1-6H3/q+1. The topological polar surface area (TPSA) is 12.5 Å². The minimum absolute atomic E-state index is 0.535. The van der Waals surface area contributed by atoms with Crippen LogP contribution in [0, 0.1) is 5.92 Å². The van der Waals surface area contributed by atoms with E-state index in [1.807, 2.05) is 0 Å². The van der Waals surface area contributed by atoms with Crippen LogP contribution in [0.25, 0.3) is 0 Å². The molecule has 136 valence electrons. The Hall–Kier alpha value is -2.00. The summed E-state index contributed by atoms with van der Waals surface area (Å²) in [4.78, 5) is 2.37. The summed E-state index contributed by atoms with van der Waals surface area (Å²) in [6.07, 6.45) is 0. The van der Waals surface area contributed by atoms with Crippen molar-refractivity contribution in [1.29, 1.82) is 0 Å². The third-order valence-corrected chi connectivity index (χ3v) is 5.07. The third-order valence-electron chi connectivity index (χ3n) is 5.07. The SMILES string of the molecule is COc1ccc(C[N+](C)(C)C(CN(C)c2ccccc2)C(C)C)cc1. The number of benzene rings is 2. The molecule has 3 nitrogen and oxygen atoms in total. The molecular weight excluding hydrogens is 308 g/mol. The number of ether oxygens (including phenoxy) is 1. The van der Waals surface area contributed by atoms with Gasteiger partial charge in [0.1, 0.15) is 18.3 Å². The number of hydrogen-bond acceptors (Lipinski definition) is 2. The summed E-state index contributed by atoms with van der Waals surface area (Å²) >= 11 is 0. The monoisotopic (exact) mass is 341 g/mol. The molecule has 2 aromatic carbocycles. The Kier molecular flexibility index (Phi) is 6.49. The summed E-state index contributed by atoms with van der Waals surface area (Å²) < 4.78 is 6.23. The second-order valence-corrected chi connectivity index (χ2v) is 7.81. The molecule has 1 atom stereocenters. The number of rotatable bonds is 8. The van der Waals surface area contributed by atoms with Crippen LogP contribution < -0.4 is 9.64 Å². The van der Waals surface area contributed by atoms with E-state index in [4.69, 9.17) is 4.74 Å². The molecule has 0 aromatic heterocycles. The molecule has 0 aliphatic heterocycles. The predicted octanol–water partition coefficient (Wildman–Crippen LogP) is 4.43. The molecule has 0 radical (unpaired) electrons. The third kappa shape index (κ3) is 5.23. The summed E-state index contributed by atoms with van der Waals surface area (Å²) in [5.74, 6) is 1.51. The zero-order valence-corrected chi connectivity index (χ0v) is 16.6. The van der Waals surface area contributed by atoms with Gasteiger partial charge in [0.15, 0.2) is 0 Å². The average molecular weight is 342 g/mol. The Balaban J connectivity index is 2.13. The highest BCUT2D eigenvalue weighted by Crippen LogP contribution is 2.24. The van der Waals surface area contributed by atoms with E-state index >= 15 is 0 Å². The lowest BCUT2D eigenvalue weighted by atomic mass is 9.99. The molecule has 2 rings (SSSR count). The molecule has 0 fully saturated rings. The van der Waals surface area contributed by atoms with Crippen molar-refractivity contribution in [2.45, 2.75) is 26.4 Å². The fraction of sp³-hybridized carbons (Fsp3) is 0.455. The molecule has 0 saturated carbocycles. The van der Waals surface area contributed by atoms with Gasteiger partial charge >= 0.3 is 0 Å². The van der Waals surface area contributed by atoms with Crippen LogP contribution >= 0.6 is 0 Å². The van der Waals surface area contributed by atoms with Gasteiger partial charge in [0, 0.05) is 24.2 Å². The molecule has 0 N–H and O–H groups in total. The van der Waals surface area contributed by atoms with Crippen LogP contribution in [-0.2, 0) is 6.54 Å². The Bertz CT molecular complexity index is 635. The number of anilines is 1. The number of para-hydroxylation sites is 1. The molecule has 0 amide bonds.